The average Bonchev–Trinajstić information content (AvgIpc) is 2.56. The molecule has 0 aliphatic rings. The van der Waals surface area contributed by atoms with E-state index >= 15 is 0 Å². The zero-order chi connectivity index (χ0) is 16.8. The van der Waals surface area contributed by atoms with E-state index in [9.17, 15) is 19.5 Å². The van der Waals surface area contributed by atoms with Crippen LogP contribution in [0.25, 0.3) is 5.76 Å². The first-order valence-corrected chi connectivity index (χ1v) is 6.62. The van der Waals surface area contributed by atoms with Gasteiger partial charge in [-0.05, 0) is 24.3 Å². The maximum atomic E-state index is 11.8. The Balaban J connectivity index is 2.05. The number of hydrogen-bond acceptors (Lipinski definition) is 4. The quantitative estimate of drug-likeness (QED) is 0.447. The van der Waals surface area contributed by atoms with Crippen molar-refractivity contribution >= 4 is 29.1 Å². The first-order chi connectivity index (χ1) is 11.0. The van der Waals surface area contributed by atoms with Crippen molar-refractivity contribution in [1.29, 1.82) is 0 Å². The minimum absolute atomic E-state index is 0.0657. The van der Waals surface area contributed by atoms with Crippen LogP contribution in [-0.4, -0.2) is 27.9 Å². The summed E-state index contributed by atoms with van der Waals surface area (Å²) in [7, 11) is 0. The summed E-state index contributed by atoms with van der Waals surface area (Å²) in [4.78, 5) is 34.3. The molecule has 116 valence electrons. The minimum Gasteiger partial charge on any atom is -0.507 e. The highest BCUT2D eigenvalue weighted by Crippen LogP contribution is 2.12. The number of anilines is 1. The number of aromatic carboxylic acids is 1. The van der Waals surface area contributed by atoms with Gasteiger partial charge in [-0.25, -0.2) is 4.79 Å². The Morgan fingerprint density at radius 3 is 2.00 bits per heavy atom. The third-order valence-electron chi connectivity index (χ3n) is 2.95. The molecule has 0 saturated heterocycles. The first-order valence-electron chi connectivity index (χ1n) is 6.62. The van der Waals surface area contributed by atoms with Gasteiger partial charge in [-0.2, -0.15) is 0 Å². The molecule has 0 heterocycles. The number of aliphatic hydroxyl groups is 1. The van der Waals surface area contributed by atoms with Crippen molar-refractivity contribution in [1.82, 2.24) is 0 Å². The zero-order valence-corrected chi connectivity index (χ0v) is 11.9. The number of aliphatic hydroxyl groups excluding tert-OH is 1. The van der Waals surface area contributed by atoms with Crippen LogP contribution in [0.5, 0.6) is 0 Å². The molecule has 6 heteroatoms. The van der Waals surface area contributed by atoms with Gasteiger partial charge in [-0.3, -0.25) is 9.59 Å². The first kappa shape index (κ1) is 16.0. The lowest BCUT2D eigenvalue weighted by Crippen LogP contribution is -2.21. The number of carbonyl (C=O) groups is 3. The fourth-order valence-corrected chi connectivity index (χ4v) is 1.77. The van der Waals surface area contributed by atoms with E-state index in [1.807, 2.05) is 0 Å². The second kappa shape index (κ2) is 7.04. The van der Waals surface area contributed by atoms with Gasteiger partial charge in [-0.15, -0.1) is 0 Å². The summed E-state index contributed by atoms with van der Waals surface area (Å²) >= 11 is 0. The van der Waals surface area contributed by atoms with Gasteiger partial charge in [0.1, 0.15) is 5.76 Å². The molecule has 0 spiro atoms. The number of rotatable bonds is 5. The molecule has 0 fully saturated rings. The Morgan fingerprint density at radius 2 is 1.43 bits per heavy atom. The minimum atomic E-state index is -1.09. The summed E-state index contributed by atoms with van der Waals surface area (Å²) in [6, 6.07) is 13.7. The van der Waals surface area contributed by atoms with Crippen LogP contribution in [0, 0.1) is 0 Å². The Kier molecular flexibility index (Phi) is 4.89. The number of hydrogen-bond donors (Lipinski definition) is 3. The molecule has 3 N–H and O–H groups in total. The van der Waals surface area contributed by atoms with Crippen molar-refractivity contribution in [3.8, 4) is 0 Å². The molecular formula is C17H13NO5. The molecule has 23 heavy (non-hydrogen) atoms. The van der Waals surface area contributed by atoms with E-state index in [0.717, 1.165) is 6.08 Å². The smallest absolute Gasteiger partial charge is 0.335 e. The van der Waals surface area contributed by atoms with Crippen LogP contribution in [-0.2, 0) is 9.59 Å². The normalized spacial score (nSPS) is 10.9. The zero-order valence-electron chi connectivity index (χ0n) is 11.9. The Morgan fingerprint density at radius 1 is 0.826 bits per heavy atom. The van der Waals surface area contributed by atoms with Crippen LogP contribution in [0.15, 0.2) is 60.7 Å². The Hall–Kier alpha value is -3.41. The van der Waals surface area contributed by atoms with E-state index < -0.39 is 17.7 Å². The molecule has 2 rings (SSSR count). The van der Waals surface area contributed by atoms with Crippen molar-refractivity contribution in [2.45, 2.75) is 0 Å². The summed E-state index contributed by atoms with van der Waals surface area (Å²) in [6.07, 6.45) is 0.830. The fraction of sp³-hybridized carbons (Fsp3) is 0. The number of carbonyl (C=O) groups excluding carboxylic acids is 2. The van der Waals surface area contributed by atoms with Gasteiger partial charge >= 0.3 is 5.97 Å². The molecule has 2 aromatic carbocycles. The van der Waals surface area contributed by atoms with Crippen molar-refractivity contribution in [3.63, 3.8) is 0 Å². The molecule has 0 unspecified atom stereocenters. The summed E-state index contributed by atoms with van der Waals surface area (Å²) in [5.74, 6) is -3.26. The van der Waals surface area contributed by atoms with E-state index in [1.54, 1.807) is 30.3 Å². The Bertz CT molecular complexity index is 763. The number of amides is 1. The SMILES string of the molecule is O=C(/C=C(\O)c1ccccc1)C(=O)Nc1ccc(C(=O)O)cc1. The lowest BCUT2D eigenvalue weighted by atomic mass is 10.1. The predicted molar refractivity (Wildman–Crippen MR) is 84.1 cm³/mol. The second-order valence-corrected chi connectivity index (χ2v) is 4.60. The third-order valence-corrected chi connectivity index (χ3v) is 2.95. The maximum Gasteiger partial charge on any atom is 0.335 e. The van der Waals surface area contributed by atoms with Gasteiger partial charge in [0.15, 0.2) is 0 Å². The molecule has 0 aliphatic carbocycles. The largest absolute Gasteiger partial charge is 0.507 e. The van der Waals surface area contributed by atoms with Crippen LogP contribution < -0.4 is 5.32 Å². The average molecular weight is 311 g/mol. The number of carboxylic acid groups (broad SMARTS) is 1. The molecule has 2 aromatic rings. The molecule has 0 bridgehead atoms. The van der Waals surface area contributed by atoms with Gasteiger partial charge in [0, 0.05) is 17.3 Å². The number of benzene rings is 2. The number of carboxylic acids is 1. The van der Waals surface area contributed by atoms with E-state index in [1.165, 1.54) is 24.3 Å². The van der Waals surface area contributed by atoms with Crippen LogP contribution in [0.3, 0.4) is 0 Å². The highest BCUT2D eigenvalue weighted by molar-refractivity contribution is 6.45. The van der Waals surface area contributed by atoms with Crippen LogP contribution in [0.4, 0.5) is 5.69 Å². The number of nitrogens with one attached hydrogen (secondary N) is 1. The van der Waals surface area contributed by atoms with E-state index in [0.29, 0.717) is 5.56 Å². The Labute approximate surface area is 131 Å². The van der Waals surface area contributed by atoms with E-state index in [2.05, 4.69) is 5.32 Å². The maximum absolute atomic E-state index is 11.8. The lowest BCUT2D eigenvalue weighted by molar-refractivity contribution is -0.131. The molecular weight excluding hydrogens is 298 g/mol. The summed E-state index contributed by atoms with van der Waals surface area (Å²) < 4.78 is 0. The highest BCUT2D eigenvalue weighted by Gasteiger charge is 2.13. The van der Waals surface area contributed by atoms with Gasteiger partial charge in [0.2, 0.25) is 5.78 Å². The monoisotopic (exact) mass is 311 g/mol. The van der Waals surface area contributed by atoms with Gasteiger partial charge in [0.25, 0.3) is 5.91 Å². The molecule has 0 saturated carbocycles. The molecule has 0 atom stereocenters. The molecule has 0 radical (unpaired) electrons. The van der Waals surface area contributed by atoms with Gasteiger partial charge < -0.3 is 15.5 Å². The van der Waals surface area contributed by atoms with E-state index in [4.69, 9.17) is 5.11 Å². The van der Waals surface area contributed by atoms with Crippen LogP contribution in [0.2, 0.25) is 0 Å². The van der Waals surface area contributed by atoms with Gasteiger partial charge in [0.05, 0.1) is 5.56 Å². The predicted octanol–water partition coefficient (Wildman–Crippen LogP) is 2.49. The van der Waals surface area contributed by atoms with Crippen molar-refractivity contribution in [2.75, 3.05) is 5.32 Å². The van der Waals surface area contributed by atoms with Crippen LogP contribution >= 0.6 is 0 Å². The van der Waals surface area contributed by atoms with Gasteiger partial charge in [-0.1, -0.05) is 30.3 Å². The van der Waals surface area contributed by atoms with E-state index in [-0.39, 0.29) is 17.0 Å². The molecule has 0 aromatic heterocycles. The fourth-order valence-electron chi connectivity index (χ4n) is 1.77. The molecule has 6 nitrogen and oxygen atoms in total. The standard InChI is InChI=1S/C17H13NO5/c19-14(11-4-2-1-3-5-11)10-15(20)16(21)18-13-8-6-12(7-9-13)17(22)23/h1-10,19H,(H,18,21)(H,22,23)/b14-10-. The molecule has 0 aliphatic heterocycles. The summed E-state index contributed by atoms with van der Waals surface area (Å²) in [5, 5.41) is 20.9. The lowest BCUT2D eigenvalue weighted by Gasteiger charge is -2.04. The van der Waals surface area contributed by atoms with Crippen molar-refractivity contribution in [3.05, 3.63) is 71.8 Å². The topological polar surface area (TPSA) is 104 Å². The van der Waals surface area contributed by atoms with Crippen LogP contribution in [0.1, 0.15) is 15.9 Å². The van der Waals surface area contributed by atoms with Crippen molar-refractivity contribution < 1.29 is 24.6 Å². The summed E-state index contributed by atoms with van der Waals surface area (Å²) in [6.45, 7) is 0. The third kappa shape index (κ3) is 4.28. The number of ketones is 1. The van der Waals surface area contributed by atoms with Crippen molar-refractivity contribution in [2.24, 2.45) is 0 Å². The highest BCUT2D eigenvalue weighted by atomic mass is 16.4. The summed E-state index contributed by atoms with van der Waals surface area (Å²) in [5.41, 5.74) is 0.761. The molecule has 1 amide bonds. The second-order valence-electron chi connectivity index (χ2n) is 4.60.